The van der Waals surface area contributed by atoms with Gasteiger partial charge in [-0.3, -0.25) is 0 Å². The van der Waals surface area contributed by atoms with E-state index in [9.17, 15) is 4.39 Å². The third kappa shape index (κ3) is 1.83. The van der Waals surface area contributed by atoms with E-state index in [1.165, 1.54) is 0 Å². The maximum Gasteiger partial charge on any atom is 0.128 e. The summed E-state index contributed by atoms with van der Waals surface area (Å²) in [5.74, 6) is -0.128. The molecule has 1 aromatic rings. The van der Waals surface area contributed by atoms with Gasteiger partial charge in [0.25, 0.3) is 0 Å². The molecule has 0 saturated heterocycles. The summed E-state index contributed by atoms with van der Waals surface area (Å²) in [5.41, 5.74) is 1.68. The number of benzene rings is 1. The Hall–Kier alpha value is -0.890. The highest BCUT2D eigenvalue weighted by atomic mass is 19.1. The van der Waals surface area contributed by atoms with Gasteiger partial charge in [0.05, 0.1) is 0 Å². The van der Waals surface area contributed by atoms with E-state index in [-0.39, 0.29) is 11.9 Å². The van der Waals surface area contributed by atoms with Crippen molar-refractivity contribution in [3.05, 3.63) is 35.1 Å². The van der Waals surface area contributed by atoms with E-state index in [4.69, 9.17) is 0 Å². The molecule has 0 amide bonds. The Bertz CT molecular complexity index is 271. The van der Waals surface area contributed by atoms with Crippen molar-refractivity contribution in [2.24, 2.45) is 0 Å². The lowest BCUT2D eigenvalue weighted by Gasteiger charge is -2.11. The van der Waals surface area contributed by atoms with Crippen molar-refractivity contribution in [1.82, 2.24) is 5.32 Å². The van der Waals surface area contributed by atoms with Crippen LogP contribution in [-0.4, -0.2) is 7.05 Å². The standard InChI is InChI=1S/C10H14FN/c1-7-4-5-9(8(2)12-3)10(11)6-7/h4-6,8,12H,1-3H3. The van der Waals surface area contributed by atoms with Crippen LogP contribution in [0.15, 0.2) is 18.2 Å². The number of hydrogen-bond acceptors (Lipinski definition) is 1. The van der Waals surface area contributed by atoms with Gasteiger partial charge in [-0.05, 0) is 32.5 Å². The summed E-state index contributed by atoms with van der Waals surface area (Å²) < 4.78 is 13.2. The Balaban J connectivity index is 3.01. The van der Waals surface area contributed by atoms with Crippen LogP contribution >= 0.6 is 0 Å². The van der Waals surface area contributed by atoms with E-state index >= 15 is 0 Å². The van der Waals surface area contributed by atoms with Gasteiger partial charge in [0, 0.05) is 11.6 Å². The summed E-state index contributed by atoms with van der Waals surface area (Å²) in [5, 5.41) is 3.00. The smallest absolute Gasteiger partial charge is 0.128 e. The summed E-state index contributed by atoms with van der Waals surface area (Å²) in [6.07, 6.45) is 0. The third-order valence-corrected chi connectivity index (χ3v) is 2.06. The van der Waals surface area contributed by atoms with Gasteiger partial charge in [0.15, 0.2) is 0 Å². The molecule has 0 radical (unpaired) electrons. The lowest BCUT2D eigenvalue weighted by molar-refractivity contribution is 0.561. The molecule has 0 fully saturated rings. The third-order valence-electron chi connectivity index (χ3n) is 2.06. The molecule has 1 atom stereocenters. The van der Waals surface area contributed by atoms with E-state index < -0.39 is 0 Å². The summed E-state index contributed by atoms with van der Waals surface area (Å²) >= 11 is 0. The molecule has 1 rings (SSSR count). The fourth-order valence-electron chi connectivity index (χ4n) is 1.14. The normalized spacial score (nSPS) is 13.0. The average molecular weight is 167 g/mol. The largest absolute Gasteiger partial charge is 0.313 e. The minimum absolute atomic E-state index is 0.0746. The van der Waals surface area contributed by atoms with Gasteiger partial charge < -0.3 is 5.32 Å². The molecule has 0 aromatic heterocycles. The lowest BCUT2D eigenvalue weighted by Crippen LogP contribution is -2.13. The SMILES string of the molecule is CNC(C)c1ccc(C)cc1F. The number of aryl methyl sites for hydroxylation is 1. The summed E-state index contributed by atoms with van der Waals surface area (Å²) in [7, 11) is 1.82. The highest BCUT2D eigenvalue weighted by Gasteiger charge is 2.07. The Morgan fingerprint density at radius 3 is 2.58 bits per heavy atom. The predicted octanol–water partition coefficient (Wildman–Crippen LogP) is 2.41. The maximum atomic E-state index is 13.2. The van der Waals surface area contributed by atoms with Gasteiger partial charge in [-0.15, -0.1) is 0 Å². The minimum Gasteiger partial charge on any atom is -0.313 e. The topological polar surface area (TPSA) is 12.0 Å². The molecule has 1 N–H and O–H groups in total. The van der Waals surface area contributed by atoms with Gasteiger partial charge in [-0.1, -0.05) is 12.1 Å². The van der Waals surface area contributed by atoms with E-state index in [1.54, 1.807) is 6.07 Å². The van der Waals surface area contributed by atoms with Crippen LogP contribution in [0.4, 0.5) is 4.39 Å². The number of rotatable bonds is 2. The van der Waals surface area contributed by atoms with Gasteiger partial charge in [0.1, 0.15) is 5.82 Å². The molecule has 66 valence electrons. The van der Waals surface area contributed by atoms with E-state index in [1.807, 2.05) is 33.0 Å². The van der Waals surface area contributed by atoms with Gasteiger partial charge in [0.2, 0.25) is 0 Å². The zero-order valence-electron chi connectivity index (χ0n) is 7.69. The molecule has 0 aliphatic heterocycles. The van der Waals surface area contributed by atoms with Crippen LogP contribution in [0, 0.1) is 12.7 Å². The van der Waals surface area contributed by atoms with Gasteiger partial charge in [-0.2, -0.15) is 0 Å². The molecular weight excluding hydrogens is 153 g/mol. The number of hydrogen-bond donors (Lipinski definition) is 1. The van der Waals surface area contributed by atoms with Crippen molar-refractivity contribution in [1.29, 1.82) is 0 Å². The second-order valence-electron chi connectivity index (χ2n) is 3.04. The average Bonchev–Trinajstić information content (AvgIpc) is 2.03. The molecule has 1 aromatic carbocycles. The van der Waals surface area contributed by atoms with Crippen molar-refractivity contribution in [2.45, 2.75) is 19.9 Å². The second kappa shape index (κ2) is 3.68. The van der Waals surface area contributed by atoms with E-state index in [0.29, 0.717) is 0 Å². The van der Waals surface area contributed by atoms with E-state index in [0.717, 1.165) is 11.1 Å². The van der Waals surface area contributed by atoms with Crippen LogP contribution in [0.1, 0.15) is 24.1 Å². The quantitative estimate of drug-likeness (QED) is 0.713. The van der Waals surface area contributed by atoms with Gasteiger partial charge in [-0.25, -0.2) is 4.39 Å². The van der Waals surface area contributed by atoms with Crippen LogP contribution in [0.2, 0.25) is 0 Å². The summed E-state index contributed by atoms with van der Waals surface area (Å²) in [4.78, 5) is 0. The molecule has 0 heterocycles. The molecule has 1 nitrogen and oxygen atoms in total. The minimum atomic E-state index is -0.128. The fraction of sp³-hybridized carbons (Fsp3) is 0.400. The van der Waals surface area contributed by atoms with E-state index in [2.05, 4.69) is 5.32 Å². The Morgan fingerprint density at radius 1 is 1.42 bits per heavy atom. The van der Waals surface area contributed by atoms with Crippen LogP contribution in [0.25, 0.3) is 0 Å². The predicted molar refractivity (Wildman–Crippen MR) is 48.6 cm³/mol. The first-order chi connectivity index (χ1) is 5.65. The molecule has 0 spiro atoms. The monoisotopic (exact) mass is 167 g/mol. The van der Waals surface area contributed by atoms with Crippen molar-refractivity contribution in [2.75, 3.05) is 7.05 Å². The molecule has 0 aliphatic carbocycles. The Morgan fingerprint density at radius 2 is 2.08 bits per heavy atom. The first-order valence-electron chi connectivity index (χ1n) is 4.08. The van der Waals surface area contributed by atoms with Crippen molar-refractivity contribution >= 4 is 0 Å². The number of nitrogens with one attached hydrogen (secondary N) is 1. The second-order valence-corrected chi connectivity index (χ2v) is 3.04. The van der Waals surface area contributed by atoms with Crippen molar-refractivity contribution in [3.63, 3.8) is 0 Å². The van der Waals surface area contributed by atoms with Crippen LogP contribution in [-0.2, 0) is 0 Å². The van der Waals surface area contributed by atoms with Crippen LogP contribution < -0.4 is 5.32 Å². The summed E-state index contributed by atoms with van der Waals surface area (Å²) in [6, 6.07) is 5.38. The molecule has 1 unspecified atom stereocenters. The first kappa shape index (κ1) is 9.20. The summed E-state index contributed by atoms with van der Waals surface area (Å²) in [6.45, 7) is 3.82. The fourth-order valence-corrected chi connectivity index (χ4v) is 1.14. The highest BCUT2D eigenvalue weighted by molar-refractivity contribution is 5.25. The Labute approximate surface area is 72.6 Å². The Kier molecular flexibility index (Phi) is 2.82. The zero-order chi connectivity index (χ0) is 9.14. The molecule has 2 heteroatoms. The first-order valence-corrected chi connectivity index (χ1v) is 4.08. The van der Waals surface area contributed by atoms with Crippen LogP contribution in [0.5, 0.6) is 0 Å². The zero-order valence-corrected chi connectivity index (χ0v) is 7.69. The highest BCUT2D eigenvalue weighted by Crippen LogP contribution is 2.16. The van der Waals surface area contributed by atoms with Crippen molar-refractivity contribution < 1.29 is 4.39 Å². The molecule has 12 heavy (non-hydrogen) atoms. The molecule has 0 bridgehead atoms. The van der Waals surface area contributed by atoms with Crippen LogP contribution in [0.3, 0.4) is 0 Å². The molecule has 0 aliphatic rings. The molecular formula is C10H14FN. The van der Waals surface area contributed by atoms with Crippen molar-refractivity contribution in [3.8, 4) is 0 Å². The van der Waals surface area contributed by atoms with Gasteiger partial charge >= 0.3 is 0 Å². The lowest BCUT2D eigenvalue weighted by atomic mass is 10.1. The molecule has 0 saturated carbocycles. The number of halogens is 1. The maximum absolute atomic E-state index is 13.2.